The molecule has 1 fully saturated rings. The van der Waals surface area contributed by atoms with Gasteiger partial charge in [-0.15, -0.1) is 0 Å². The molecule has 0 spiro atoms. The van der Waals surface area contributed by atoms with Crippen molar-refractivity contribution in [2.45, 2.75) is 58.0 Å². The molecule has 1 rings (SSSR count). The lowest BCUT2D eigenvalue weighted by Crippen LogP contribution is -2.39. The van der Waals surface area contributed by atoms with Crippen molar-refractivity contribution in [2.24, 2.45) is 5.92 Å². The van der Waals surface area contributed by atoms with Crippen LogP contribution in [0.25, 0.3) is 0 Å². The lowest BCUT2D eigenvalue weighted by atomic mass is 9.81. The third-order valence-corrected chi connectivity index (χ3v) is 3.21. The molecule has 2 N–H and O–H groups in total. The van der Waals surface area contributed by atoms with Gasteiger partial charge in [-0.25, -0.2) is 0 Å². The minimum absolute atomic E-state index is 0.502. The van der Waals surface area contributed by atoms with Crippen LogP contribution in [-0.2, 0) is 0 Å². The largest absolute Gasteiger partial charge is 0.389 e. The second-order valence-corrected chi connectivity index (χ2v) is 4.99. The molecule has 0 amide bonds. The van der Waals surface area contributed by atoms with Crippen molar-refractivity contribution in [1.29, 1.82) is 0 Å². The molecule has 0 radical (unpaired) electrons. The zero-order chi connectivity index (χ0) is 10.4. The van der Waals surface area contributed by atoms with E-state index in [0.29, 0.717) is 0 Å². The number of hydrogen-bond donors (Lipinski definition) is 2. The molecule has 1 saturated carbocycles. The van der Waals surface area contributed by atoms with E-state index < -0.39 is 5.60 Å². The van der Waals surface area contributed by atoms with Crippen LogP contribution in [0, 0.1) is 5.92 Å². The number of hydrogen-bond acceptors (Lipinski definition) is 2. The third kappa shape index (κ3) is 4.43. The Balaban J connectivity index is 2.25. The topological polar surface area (TPSA) is 32.3 Å². The highest BCUT2D eigenvalue weighted by Crippen LogP contribution is 2.30. The van der Waals surface area contributed by atoms with Crippen LogP contribution in [0.3, 0.4) is 0 Å². The smallest absolute Gasteiger partial charge is 0.0746 e. The minimum atomic E-state index is -0.502. The molecule has 1 atom stereocenters. The van der Waals surface area contributed by atoms with Crippen LogP contribution in [0.1, 0.15) is 52.4 Å². The first-order chi connectivity index (χ1) is 6.64. The van der Waals surface area contributed by atoms with E-state index in [1.165, 1.54) is 32.1 Å². The van der Waals surface area contributed by atoms with E-state index in [4.69, 9.17) is 0 Å². The van der Waals surface area contributed by atoms with Crippen LogP contribution in [-0.4, -0.2) is 23.8 Å². The van der Waals surface area contributed by atoms with E-state index in [1.54, 1.807) is 0 Å². The van der Waals surface area contributed by atoms with Gasteiger partial charge in [-0.3, -0.25) is 0 Å². The Labute approximate surface area is 88.1 Å². The Morgan fingerprint density at radius 3 is 2.50 bits per heavy atom. The number of rotatable bonds is 5. The van der Waals surface area contributed by atoms with Crippen LogP contribution in [0.4, 0.5) is 0 Å². The Bertz CT molecular complexity index is 150. The van der Waals surface area contributed by atoms with Crippen molar-refractivity contribution < 1.29 is 5.11 Å². The second kappa shape index (κ2) is 5.72. The van der Waals surface area contributed by atoms with Crippen LogP contribution in [0.5, 0.6) is 0 Å². The predicted octanol–water partition coefficient (Wildman–Crippen LogP) is 2.32. The van der Waals surface area contributed by atoms with E-state index in [0.717, 1.165) is 25.4 Å². The molecule has 0 aromatic rings. The van der Waals surface area contributed by atoms with Gasteiger partial charge in [0.25, 0.3) is 0 Å². The summed E-state index contributed by atoms with van der Waals surface area (Å²) >= 11 is 0. The molecule has 0 saturated heterocycles. The summed E-state index contributed by atoms with van der Waals surface area (Å²) in [5, 5.41) is 13.4. The Morgan fingerprint density at radius 1 is 1.29 bits per heavy atom. The van der Waals surface area contributed by atoms with Crippen LogP contribution in [0.2, 0.25) is 0 Å². The van der Waals surface area contributed by atoms with Crippen molar-refractivity contribution >= 4 is 0 Å². The Morgan fingerprint density at radius 2 is 1.93 bits per heavy atom. The van der Waals surface area contributed by atoms with Gasteiger partial charge >= 0.3 is 0 Å². The predicted molar refractivity (Wildman–Crippen MR) is 60.4 cm³/mol. The van der Waals surface area contributed by atoms with E-state index in [9.17, 15) is 5.11 Å². The van der Waals surface area contributed by atoms with Crippen molar-refractivity contribution in [1.82, 2.24) is 5.32 Å². The number of nitrogens with one attached hydrogen (secondary N) is 1. The second-order valence-electron chi connectivity index (χ2n) is 4.99. The average molecular weight is 199 g/mol. The number of likely N-dealkylation sites (N-methyl/N-ethyl adjacent to an activating group) is 1. The normalized spacial score (nSPS) is 23.4. The summed E-state index contributed by atoms with van der Waals surface area (Å²) in [6, 6.07) is 0. The van der Waals surface area contributed by atoms with Gasteiger partial charge in [0.1, 0.15) is 0 Å². The quantitative estimate of drug-likeness (QED) is 0.712. The minimum Gasteiger partial charge on any atom is -0.389 e. The summed E-state index contributed by atoms with van der Waals surface area (Å²) in [5.41, 5.74) is -0.502. The van der Waals surface area contributed by atoms with Gasteiger partial charge in [0.2, 0.25) is 0 Å². The van der Waals surface area contributed by atoms with Crippen molar-refractivity contribution in [2.75, 3.05) is 13.1 Å². The molecular formula is C12H25NO. The maximum atomic E-state index is 10.1. The molecular weight excluding hydrogens is 174 g/mol. The first kappa shape index (κ1) is 12.0. The molecule has 84 valence electrons. The molecule has 0 aromatic carbocycles. The highest BCUT2D eigenvalue weighted by molar-refractivity contribution is 4.80. The van der Waals surface area contributed by atoms with Crippen LogP contribution < -0.4 is 5.32 Å². The molecule has 0 heterocycles. The summed E-state index contributed by atoms with van der Waals surface area (Å²) in [6.45, 7) is 5.72. The first-order valence-corrected chi connectivity index (χ1v) is 6.07. The van der Waals surface area contributed by atoms with Gasteiger partial charge in [-0.05, 0) is 25.8 Å². The van der Waals surface area contributed by atoms with E-state index in [1.807, 2.05) is 6.92 Å². The van der Waals surface area contributed by atoms with E-state index >= 15 is 0 Å². The van der Waals surface area contributed by atoms with E-state index in [-0.39, 0.29) is 0 Å². The van der Waals surface area contributed by atoms with Crippen molar-refractivity contribution in [3.63, 3.8) is 0 Å². The maximum absolute atomic E-state index is 10.1. The highest BCUT2D eigenvalue weighted by atomic mass is 16.3. The molecule has 1 unspecified atom stereocenters. The van der Waals surface area contributed by atoms with Crippen molar-refractivity contribution in [3.05, 3.63) is 0 Å². The lowest BCUT2D eigenvalue weighted by Gasteiger charge is -2.30. The fourth-order valence-corrected chi connectivity index (χ4v) is 2.48. The van der Waals surface area contributed by atoms with Crippen LogP contribution >= 0.6 is 0 Å². The summed E-state index contributed by atoms with van der Waals surface area (Å²) in [7, 11) is 0. The summed E-state index contributed by atoms with van der Waals surface area (Å²) in [4.78, 5) is 0. The molecule has 2 nitrogen and oxygen atoms in total. The molecule has 0 aliphatic heterocycles. The monoisotopic (exact) mass is 199 g/mol. The zero-order valence-corrected chi connectivity index (χ0v) is 9.68. The SMILES string of the molecule is CCNCC(C)(O)CC1CCCCC1. The average Bonchev–Trinajstić information content (AvgIpc) is 2.16. The van der Waals surface area contributed by atoms with Gasteiger partial charge < -0.3 is 10.4 Å². The first-order valence-electron chi connectivity index (χ1n) is 6.07. The molecule has 0 bridgehead atoms. The molecule has 1 aliphatic rings. The Hall–Kier alpha value is -0.0800. The van der Waals surface area contributed by atoms with E-state index in [2.05, 4.69) is 12.2 Å². The number of aliphatic hydroxyl groups is 1. The van der Waals surface area contributed by atoms with Crippen molar-refractivity contribution in [3.8, 4) is 0 Å². The molecule has 0 aromatic heterocycles. The summed E-state index contributed by atoms with van der Waals surface area (Å²) in [5.74, 6) is 0.761. The zero-order valence-electron chi connectivity index (χ0n) is 9.68. The van der Waals surface area contributed by atoms with Crippen LogP contribution in [0.15, 0.2) is 0 Å². The molecule has 1 aliphatic carbocycles. The van der Waals surface area contributed by atoms with Gasteiger partial charge in [0, 0.05) is 6.54 Å². The van der Waals surface area contributed by atoms with Gasteiger partial charge in [0.05, 0.1) is 5.60 Å². The highest BCUT2D eigenvalue weighted by Gasteiger charge is 2.25. The summed E-state index contributed by atoms with van der Waals surface area (Å²) in [6.07, 6.45) is 7.74. The summed E-state index contributed by atoms with van der Waals surface area (Å²) < 4.78 is 0. The van der Waals surface area contributed by atoms with Gasteiger partial charge in [0.15, 0.2) is 0 Å². The van der Waals surface area contributed by atoms with Gasteiger partial charge in [-0.1, -0.05) is 39.0 Å². The third-order valence-electron chi connectivity index (χ3n) is 3.21. The maximum Gasteiger partial charge on any atom is 0.0746 e. The Kier molecular flexibility index (Phi) is 4.90. The molecule has 2 heteroatoms. The fraction of sp³-hybridized carbons (Fsp3) is 1.00. The standard InChI is InChI=1S/C12H25NO/c1-3-13-10-12(2,14)9-11-7-5-4-6-8-11/h11,13-14H,3-10H2,1-2H3. The lowest BCUT2D eigenvalue weighted by molar-refractivity contribution is 0.0284. The fourth-order valence-electron chi connectivity index (χ4n) is 2.48. The van der Waals surface area contributed by atoms with Gasteiger partial charge in [-0.2, -0.15) is 0 Å². The molecule has 14 heavy (non-hydrogen) atoms.